The summed E-state index contributed by atoms with van der Waals surface area (Å²) in [5.41, 5.74) is -1.29. The second-order valence-corrected chi connectivity index (χ2v) is 5.80. The van der Waals surface area contributed by atoms with Crippen LogP contribution >= 0.6 is 0 Å². The molecule has 0 aromatic heterocycles. The van der Waals surface area contributed by atoms with Crippen molar-refractivity contribution < 1.29 is 18.0 Å². The van der Waals surface area contributed by atoms with Gasteiger partial charge in [0, 0.05) is 17.2 Å². The van der Waals surface area contributed by atoms with Gasteiger partial charge in [0.15, 0.2) is 0 Å². The van der Waals surface area contributed by atoms with Crippen molar-refractivity contribution in [2.45, 2.75) is 38.4 Å². The average molecular weight is 308 g/mol. The molecule has 1 aliphatic heterocycles. The first-order valence-electron chi connectivity index (χ1n) is 7.04. The molecule has 22 heavy (non-hydrogen) atoms. The lowest BCUT2D eigenvalue weighted by Crippen LogP contribution is -2.59. The summed E-state index contributed by atoms with van der Waals surface area (Å²) in [6, 6.07) is 2.29. The third kappa shape index (κ3) is 2.21. The van der Waals surface area contributed by atoms with Gasteiger partial charge in [-0.15, -0.1) is 0 Å². The van der Waals surface area contributed by atoms with Crippen molar-refractivity contribution in [3.63, 3.8) is 0 Å². The van der Waals surface area contributed by atoms with E-state index >= 15 is 0 Å². The summed E-state index contributed by atoms with van der Waals surface area (Å²) in [4.78, 5) is 11.8. The molecule has 2 amide bonds. The van der Waals surface area contributed by atoms with E-state index in [1.54, 1.807) is 19.9 Å². The molecule has 1 heterocycles. The lowest BCUT2D eigenvalue weighted by Gasteiger charge is -2.38. The van der Waals surface area contributed by atoms with E-state index in [2.05, 4.69) is 17.2 Å². The first-order valence-corrected chi connectivity index (χ1v) is 7.04. The van der Waals surface area contributed by atoms with Crippen molar-refractivity contribution in [1.82, 2.24) is 5.32 Å². The van der Waals surface area contributed by atoms with E-state index in [1.807, 2.05) is 5.32 Å². The van der Waals surface area contributed by atoms with Gasteiger partial charge in [-0.05, 0) is 43.9 Å². The molecule has 1 atom stereocenters. The Kier molecular flexibility index (Phi) is 3.13. The van der Waals surface area contributed by atoms with Crippen LogP contribution in [0.3, 0.4) is 0 Å². The SMILES string of the molecule is Cc1ccc2c(c1C)[C@@](C#CC1CC1)(C(F)(F)F)NC(=O)N2. The second-order valence-electron chi connectivity index (χ2n) is 5.80. The summed E-state index contributed by atoms with van der Waals surface area (Å²) in [5.74, 6) is 5.01. The van der Waals surface area contributed by atoms with Gasteiger partial charge in [-0.3, -0.25) is 0 Å². The Labute approximate surface area is 126 Å². The molecule has 3 rings (SSSR count). The number of aryl methyl sites for hydroxylation is 1. The van der Waals surface area contributed by atoms with E-state index in [-0.39, 0.29) is 17.2 Å². The first kappa shape index (κ1) is 14.8. The number of hydrogen-bond acceptors (Lipinski definition) is 1. The number of anilines is 1. The molecule has 1 fully saturated rings. The van der Waals surface area contributed by atoms with Gasteiger partial charge in [0.25, 0.3) is 0 Å². The normalized spacial score (nSPS) is 23.8. The Bertz CT molecular complexity index is 711. The molecule has 0 saturated heterocycles. The van der Waals surface area contributed by atoms with E-state index in [1.165, 1.54) is 6.07 Å². The van der Waals surface area contributed by atoms with Crippen LogP contribution in [-0.2, 0) is 5.54 Å². The van der Waals surface area contributed by atoms with Gasteiger partial charge < -0.3 is 10.6 Å². The number of rotatable bonds is 0. The molecular formula is C16H15F3N2O. The molecule has 1 aromatic carbocycles. The zero-order chi connectivity index (χ0) is 16.1. The Morgan fingerprint density at radius 1 is 1.27 bits per heavy atom. The molecule has 116 valence electrons. The van der Waals surface area contributed by atoms with E-state index in [9.17, 15) is 18.0 Å². The average Bonchev–Trinajstić information content (AvgIpc) is 3.23. The number of fused-ring (bicyclic) bond motifs is 1. The number of carbonyl (C=O) groups excluding carboxylic acids is 1. The van der Waals surface area contributed by atoms with Crippen LogP contribution in [0.25, 0.3) is 0 Å². The number of benzene rings is 1. The molecule has 1 saturated carbocycles. The molecule has 3 nitrogen and oxygen atoms in total. The van der Waals surface area contributed by atoms with Gasteiger partial charge in [0.05, 0.1) is 0 Å². The maximum Gasteiger partial charge on any atom is 0.427 e. The Hall–Kier alpha value is -2.16. The summed E-state index contributed by atoms with van der Waals surface area (Å²) in [5, 5.41) is 4.47. The third-order valence-corrected chi connectivity index (χ3v) is 4.13. The maximum atomic E-state index is 13.9. The molecular weight excluding hydrogens is 293 g/mol. The molecule has 2 N–H and O–H groups in total. The van der Waals surface area contributed by atoms with Crippen LogP contribution in [-0.4, -0.2) is 12.2 Å². The lowest BCUT2D eigenvalue weighted by atomic mass is 9.82. The number of halogens is 3. The molecule has 6 heteroatoms. The third-order valence-electron chi connectivity index (χ3n) is 4.13. The number of hydrogen-bond donors (Lipinski definition) is 2. The Morgan fingerprint density at radius 2 is 1.95 bits per heavy atom. The Balaban J connectivity index is 2.29. The maximum absolute atomic E-state index is 13.9. The molecule has 0 radical (unpaired) electrons. The fraction of sp³-hybridized carbons (Fsp3) is 0.438. The predicted molar refractivity (Wildman–Crippen MR) is 76.3 cm³/mol. The first-order chi connectivity index (χ1) is 10.2. The fourth-order valence-electron chi connectivity index (χ4n) is 2.60. The van der Waals surface area contributed by atoms with Crippen molar-refractivity contribution in [2.75, 3.05) is 5.32 Å². The highest BCUT2D eigenvalue weighted by Gasteiger charge is 2.60. The molecule has 2 aliphatic rings. The van der Waals surface area contributed by atoms with Crippen molar-refractivity contribution in [3.05, 3.63) is 28.8 Å². The highest BCUT2D eigenvalue weighted by atomic mass is 19.4. The van der Waals surface area contributed by atoms with Crippen LogP contribution in [0.5, 0.6) is 0 Å². The second kappa shape index (κ2) is 4.67. The summed E-state index contributed by atoms with van der Waals surface area (Å²) in [7, 11) is 0. The molecule has 0 bridgehead atoms. The van der Waals surface area contributed by atoms with Gasteiger partial charge in [-0.25, -0.2) is 4.79 Å². The zero-order valence-corrected chi connectivity index (χ0v) is 12.2. The highest BCUT2D eigenvalue weighted by Crippen LogP contribution is 2.46. The standard InChI is InChI=1S/C16H15F3N2O/c1-9-3-6-12-13(10(9)2)15(16(17,18)19,21-14(22)20-12)8-7-11-4-5-11/h3,6,11H,4-5H2,1-2H3,(H2,20,21,22)/t15-/m0/s1. The summed E-state index contributed by atoms with van der Waals surface area (Å²) >= 11 is 0. The van der Waals surface area contributed by atoms with Crippen LogP contribution in [0.4, 0.5) is 23.7 Å². The van der Waals surface area contributed by atoms with E-state index in [0.717, 1.165) is 18.4 Å². The summed E-state index contributed by atoms with van der Waals surface area (Å²) < 4.78 is 41.7. The minimum atomic E-state index is -4.71. The highest BCUT2D eigenvalue weighted by molar-refractivity contribution is 5.95. The number of amides is 2. The molecule has 1 aliphatic carbocycles. The van der Waals surface area contributed by atoms with Crippen LogP contribution in [0.15, 0.2) is 12.1 Å². The number of alkyl halides is 3. The largest absolute Gasteiger partial charge is 0.427 e. The van der Waals surface area contributed by atoms with Gasteiger partial charge >= 0.3 is 12.2 Å². The van der Waals surface area contributed by atoms with Gasteiger partial charge in [-0.2, -0.15) is 13.2 Å². The van der Waals surface area contributed by atoms with Gasteiger partial charge in [0.1, 0.15) is 0 Å². The van der Waals surface area contributed by atoms with E-state index < -0.39 is 17.7 Å². The number of urea groups is 1. The topological polar surface area (TPSA) is 41.1 Å². The lowest BCUT2D eigenvalue weighted by molar-refractivity contribution is -0.178. The summed E-state index contributed by atoms with van der Waals surface area (Å²) in [6.07, 6.45) is -3.08. The molecule has 1 aromatic rings. The van der Waals surface area contributed by atoms with Crippen molar-refractivity contribution >= 4 is 11.7 Å². The monoisotopic (exact) mass is 308 g/mol. The number of nitrogens with one attached hydrogen (secondary N) is 2. The van der Waals surface area contributed by atoms with Crippen LogP contribution < -0.4 is 10.6 Å². The Morgan fingerprint density at radius 3 is 2.55 bits per heavy atom. The molecule has 0 unspecified atom stereocenters. The minimum absolute atomic E-state index is 0.000391. The summed E-state index contributed by atoms with van der Waals surface area (Å²) in [6.45, 7) is 3.36. The molecule has 0 spiro atoms. The van der Waals surface area contributed by atoms with Gasteiger partial charge in [0.2, 0.25) is 5.54 Å². The van der Waals surface area contributed by atoms with Crippen LogP contribution in [0.2, 0.25) is 0 Å². The zero-order valence-electron chi connectivity index (χ0n) is 12.2. The van der Waals surface area contributed by atoms with Crippen molar-refractivity contribution in [1.29, 1.82) is 0 Å². The van der Waals surface area contributed by atoms with E-state index in [4.69, 9.17) is 0 Å². The minimum Gasteiger partial charge on any atom is -0.310 e. The van der Waals surface area contributed by atoms with Crippen molar-refractivity contribution in [3.8, 4) is 11.8 Å². The number of carbonyl (C=O) groups is 1. The van der Waals surface area contributed by atoms with Crippen LogP contribution in [0, 0.1) is 31.6 Å². The predicted octanol–water partition coefficient (Wildman–Crippen LogP) is 3.61. The van der Waals surface area contributed by atoms with E-state index in [0.29, 0.717) is 5.56 Å². The van der Waals surface area contributed by atoms with Crippen molar-refractivity contribution in [2.24, 2.45) is 5.92 Å². The smallest absolute Gasteiger partial charge is 0.310 e. The fourth-order valence-corrected chi connectivity index (χ4v) is 2.60. The quantitative estimate of drug-likeness (QED) is 0.706. The van der Waals surface area contributed by atoms with Gasteiger partial charge in [-0.1, -0.05) is 17.9 Å². The van der Waals surface area contributed by atoms with Crippen LogP contribution in [0.1, 0.15) is 29.5 Å².